The quantitative estimate of drug-likeness (QED) is 0.177. The van der Waals surface area contributed by atoms with Crippen molar-refractivity contribution in [3.8, 4) is 16.8 Å². The molecule has 6 aromatic heterocycles. The minimum absolute atomic E-state index is 1.01. The number of fused-ring (bicyclic) bond motifs is 17. The third kappa shape index (κ3) is 3.33. The van der Waals surface area contributed by atoms with E-state index in [0.717, 1.165) is 16.7 Å². The summed E-state index contributed by atoms with van der Waals surface area (Å²) in [6.07, 6.45) is 0. The Morgan fingerprint density at radius 3 is 1.91 bits per heavy atom. The summed E-state index contributed by atoms with van der Waals surface area (Å²) in [5.41, 5.74) is 14.1. The van der Waals surface area contributed by atoms with Crippen molar-refractivity contribution in [2.75, 3.05) is 0 Å². The molecule has 0 aliphatic heterocycles. The van der Waals surface area contributed by atoms with E-state index < -0.39 is 0 Å². The Kier molecular flexibility index (Phi) is 4.99. The maximum absolute atomic E-state index is 5.72. The van der Waals surface area contributed by atoms with Crippen LogP contribution in [0.3, 0.4) is 0 Å². The molecule has 0 bridgehead atoms. The Labute approximate surface area is 313 Å². The zero-order valence-corrected chi connectivity index (χ0v) is 29.5. The summed E-state index contributed by atoms with van der Waals surface area (Å²) < 4.78 is 7.32. The van der Waals surface area contributed by atoms with Crippen LogP contribution in [0.1, 0.15) is 0 Å². The molecule has 0 spiro atoms. The molecule has 0 aliphatic carbocycles. The minimum Gasteiger partial charge on any atom is -0.309 e. The molecule has 0 unspecified atom stereocenters. The van der Waals surface area contributed by atoms with Crippen LogP contribution in [0.5, 0.6) is 0 Å². The van der Waals surface area contributed by atoms with Crippen LogP contribution in [0.15, 0.2) is 170 Å². The van der Waals surface area contributed by atoms with E-state index in [1.54, 1.807) is 0 Å². The zero-order valence-electron chi connectivity index (χ0n) is 29.5. The van der Waals surface area contributed by atoms with E-state index in [9.17, 15) is 0 Å². The SMILES string of the molecule is c1ccc(-n2c3ccccc3c3cc(-c4cccc5c6cccc7c8cc9c(nc8n(c45)c76)c4cc5ccccc5c5c6ccccc6n9c45)ccc32)cc1. The molecule has 0 N–H and O–H groups in total. The van der Waals surface area contributed by atoms with Gasteiger partial charge in [-0.05, 0) is 64.9 Å². The second-order valence-electron chi connectivity index (χ2n) is 15.1. The minimum atomic E-state index is 1.01. The van der Waals surface area contributed by atoms with Crippen LogP contribution < -0.4 is 0 Å². The molecule has 0 saturated heterocycles. The highest BCUT2D eigenvalue weighted by atomic mass is 15.0. The van der Waals surface area contributed by atoms with Gasteiger partial charge in [-0.25, -0.2) is 4.98 Å². The topological polar surface area (TPSA) is 26.6 Å². The maximum atomic E-state index is 5.72. The lowest BCUT2D eigenvalue weighted by molar-refractivity contribution is 1.18. The zero-order chi connectivity index (χ0) is 35.5. The Hall–Kier alpha value is -7.43. The van der Waals surface area contributed by atoms with Gasteiger partial charge in [-0.2, -0.15) is 0 Å². The van der Waals surface area contributed by atoms with E-state index in [1.807, 2.05) is 0 Å². The third-order valence-corrected chi connectivity index (χ3v) is 12.4. The van der Waals surface area contributed by atoms with Crippen molar-refractivity contribution in [1.29, 1.82) is 0 Å². The van der Waals surface area contributed by atoms with Gasteiger partial charge in [0.1, 0.15) is 5.65 Å². The predicted octanol–water partition coefficient (Wildman–Crippen LogP) is 13.3. The van der Waals surface area contributed by atoms with Gasteiger partial charge in [0.05, 0.1) is 44.1 Å². The van der Waals surface area contributed by atoms with Gasteiger partial charge in [-0.3, -0.25) is 4.40 Å². The molecule has 6 heterocycles. The number of hydrogen-bond donors (Lipinski definition) is 0. The van der Waals surface area contributed by atoms with E-state index in [0.29, 0.717) is 0 Å². The summed E-state index contributed by atoms with van der Waals surface area (Å²) in [5.74, 6) is 0. The molecule has 55 heavy (non-hydrogen) atoms. The Morgan fingerprint density at radius 2 is 1.04 bits per heavy atom. The second-order valence-corrected chi connectivity index (χ2v) is 15.1. The first-order valence-corrected chi connectivity index (χ1v) is 19.0. The number of pyridine rings is 1. The average Bonchev–Trinajstić information content (AvgIpc) is 4.03. The highest BCUT2D eigenvalue weighted by molar-refractivity contribution is 6.32. The molecular formula is C51H28N4. The van der Waals surface area contributed by atoms with E-state index in [2.05, 4.69) is 183 Å². The van der Waals surface area contributed by atoms with Gasteiger partial charge in [0.2, 0.25) is 0 Å². The summed E-state index contributed by atoms with van der Waals surface area (Å²) in [6, 6.07) is 62.4. The molecule has 4 heteroatoms. The van der Waals surface area contributed by atoms with Gasteiger partial charge in [-0.1, -0.05) is 121 Å². The summed E-state index contributed by atoms with van der Waals surface area (Å²) in [4.78, 5) is 5.72. The summed E-state index contributed by atoms with van der Waals surface area (Å²) in [5, 5.41) is 13.7. The lowest BCUT2D eigenvalue weighted by atomic mass is 9.99. The van der Waals surface area contributed by atoms with Crippen LogP contribution in [0.25, 0.3) is 126 Å². The van der Waals surface area contributed by atoms with Crippen LogP contribution in [0.2, 0.25) is 0 Å². The van der Waals surface area contributed by atoms with Crippen LogP contribution in [0, 0.1) is 0 Å². The van der Waals surface area contributed by atoms with Crippen LogP contribution in [0.4, 0.5) is 0 Å². The number of rotatable bonds is 2. The van der Waals surface area contributed by atoms with Gasteiger partial charge in [0.15, 0.2) is 0 Å². The molecule has 0 radical (unpaired) electrons. The maximum Gasteiger partial charge on any atom is 0.146 e. The van der Waals surface area contributed by atoms with Crippen LogP contribution >= 0.6 is 0 Å². The Balaban J connectivity index is 1.12. The number of nitrogens with zero attached hydrogens (tertiary/aromatic N) is 4. The van der Waals surface area contributed by atoms with E-state index in [4.69, 9.17) is 4.98 Å². The summed E-state index contributed by atoms with van der Waals surface area (Å²) in [6.45, 7) is 0. The molecule has 0 aliphatic rings. The smallest absolute Gasteiger partial charge is 0.146 e. The standard InChI is InChI=1S/C51H28N4/c1-2-13-31(14-3-1)53-42-22-8-6-16-34(42)39-26-30(24-25-44(39)53)33-18-10-19-35-36-20-11-21-37-40-28-45-47(52-51(40)55(48(33)35)49(36)37)41-27-29-12-4-5-15-32(29)46-38-17-7-9-23-43(38)54(45)50(41)46/h1-28H. The van der Waals surface area contributed by atoms with Crippen molar-refractivity contribution < 1.29 is 0 Å². The van der Waals surface area contributed by atoms with E-state index in [1.165, 1.54) is 109 Å². The van der Waals surface area contributed by atoms with Crippen molar-refractivity contribution in [1.82, 2.24) is 18.4 Å². The first-order valence-electron chi connectivity index (χ1n) is 19.0. The molecule has 0 saturated carbocycles. The fraction of sp³-hybridized carbons (Fsp3) is 0. The number of aromatic nitrogens is 4. The summed E-state index contributed by atoms with van der Waals surface area (Å²) >= 11 is 0. The van der Waals surface area contributed by atoms with Gasteiger partial charge >= 0.3 is 0 Å². The fourth-order valence-corrected chi connectivity index (χ4v) is 10.3. The molecule has 14 aromatic rings. The van der Waals surface area contributed by atoms with Gasteiger partial charge < -0.3 is 8.97 Å². The normalized spacial score (nSPS) is 12.7. The van der Waals surface area contributed by atoms with Crippen molar-refractivity contribution in [3.05, 3.63) is 170 Å². The monoisotopic (exact) mass is 696 g/mol. The molecule has 0 atom stereocenters. The lowest BCUT2D eigenvalue weighted by Crippen LogP contribution is -1.93. The summed E-state index contributed by atoms with van der Waals surface area (Å²) in [7, 11) is 0. The largest absolute Gasteiger partial charge is 0.309 e. The van der Waals surface area contributed by atoms with Crippen LogP contribution in [-0.4, -0.2) is 18.4 Å². The average molecular weight is 697 g/mol. The van der Waals surface area contributed by atoms with E-state index in [-0.39, 0.29) is 0 Å². The Morgan fingerprint density at radius 1 is 0.364 bits per heavy atom. The molecule has 252 valence electrons. The van der Waals surface area contributed by atoms with Crippen molar-refractivity contribution in [2.24, 2.45) is 0 Å². The number of benzene rings is 8. The first-order chi connectivity index (χ1) is 27.3. The van der Waals surface area contributed by atoms with E-state index >= 15 is 0 Å². The first kappa shape index (κ1) is 28.1. The molecule has 0 amide bonds. The highest BCUT2D eigenvalue weighted by Crippen LogP contribution is 2.47. The van der Waals surface area contributed by atoms with Gasteiger partial charge in [-0.15, -0.1) is 0 Å². The molecule has 4 nitrogen and oxygen atoms in total. The molecular weight excluding hydrogens is 669 g/mol. The molecule has 0 fully saturated rings. The second kappa shape index (κ2) is 9.75. The number of hydrogen-bond acceptors (Lipinski definition) is 1. The third-order valence-electron chi connectivity index (χ3n) is 12.4. The van der Waals surface area contributed by atoms with Crippen molar-refractivity contribution in [3.63, 3.8) is 0 Å². The van der Waals surface area contributed by atoms with Crippen LogP contribution in [-0.2, 0) is 0 Å². The van der Waals surface area contributed by atoms with Crippen molar-refractivity contribution >= 4 is 109 Å². The lowest BCUT2D eigenvalue weighted by Gasteiger charge is -2.09. The van der Waals surface area contributed by atoms with Gasteiger partial charge in [0, 0.05) is 59.7 Å². The predicted molar refractivity (Wildman–Crippen MR) is 231 cm³/mol. The highest BCUT2D eigenvalue weighted by Gasteiger charge is 2.25. The molecule has 14 rings (SSSR count). The number of para-hydroxylation sites is 5. The molecule has 8 aromatic carbocycles. The fourth-order valence-electron chi connectivity index (χ4n) is 10.3. The van der Waals surface area contributed by atoms with Gasteiger partial charge in [0.25, 0.3) is 0 Å². The van der Waals surface area contributed by atoms with Crippen molar-refractivity contribution in [2.45, 2.75) is 0 Å². The Bertz CT molecular complexity index is 3940.